The van der Waals surface area contributed by atoms with Gasteiger partial charge in [-0.15, -0.1) is 0 Å². The first-order chi connectivity index (χ1) is 16.2. The molecule has 1 heterocycles. The summed E-state index contributed by atoms with van der Waals surface area (Å²) in [5, 5.41) is 5.88. The molecule has 0 bridgehead atoms. The van der Waals surface area contributed by atoms with E-state index in [1.807, 2.05) is 65.6 Å². The Morgan fingerprint density at radius 1 is 0.697 bits per heavy atom. The van der Waals surface area contributed by atoms with Gasteiger partial charge in [-0.2, -0.15) is 0 Å². The molecule has 6 heteroatoms. The summed E-state index contributed by atoms with van der Waals surface area (Å²) in [6, 6.07) is 25.8. The van der Waals surface area contributed by atoms with Crippen molar-refractivity contribution in [1.82, 2.24) is 4.90 Å². The van der Waals surface area contributed by atoms with Crippen molar-refractivity contribution < 1.29 is 14.3 Å². The molecule has 1 saturated heterocycles. The number of hydrogen-bond acceptors (Lipinski definition) is 3. The molecule has 6 nitrogen and oxygen atoms in total. The fraction of sp³-hybridized carbons (Fsp3) is 0.259. The second-order valence-electron chi connectivity index (χ2n) is 8.12. The molecular weight excluding hydrogens is 414 g/mol. The van der Waals surface area contributed by atoms with Gasteiger partial charge in [-0.25, -0.2) is 4.79 Å². The van der Waals surface area contributed by atoms with Crippen LogP contribution in [0.25, 0.3) is 0 Å². The number of ether oxygens (including phenoxy) is 1. The van der Waals surface area contributed by atoms with Crippen molar-refractivity contribution in [3.63, 3.8) is 0 Å². The van der Waals surface area contributed by atoms with Crippen LogP contribution < -0.4 is 15.4 Å². The normalized spacial score (nSPS) is 14.6. The minimum atomic E-state index is -0.795. The van der Waals surface area contributed by atoms with Crippen LogP contribution in [0.3, 0.4) is 0 Å². The molecule has 1 unspecified atom stereocenters. The molecule has 0 aromatic heterocycles. The zero-order chi connectivity index (χ0) is 22.9. The maximum Gasteiger partial charge on any atom is 0.321 e. The topological polar surface area (TPSA) is 70.7 Å². The lowest BCUT2D eigenvalue weighted by atomic mass is 10.1. The minimum absolute atomic E-state index is 0.0749. The van der Waals surface area contributed by atoms with Gasteiger partial charge in [-0.1, -0.05) is 61.4 Å². The lowest BCUT2D eigenvalue weighted by molar-refractivity contribution is -0.123. The van der Waals surface area contributed by atoms with Gasteiger partial charge in [0.15, 0.2) is 0 Å². The summed E-state index contributed by atoms with van der Waals surface area (Å²) in [5.74, 6) is 0.347. The number of nitrogens with one attached hydrogen (secondary N) is 2. The van der Waals surface area contributed by atoms with E-state index in [1.54, 1.807) is 24.3 Å². The van der Waals surface area contributed by atoms with Crippen LogP contribution in [0.5, 0.6) is 5.75 Å². The van der Waals surface area contributed by atoms with E-state index in [9.17, 15) is 9.59 Å². The summed E-state index contributed by atoms with van der Waals surface area (Å²) in [4.78, 5) is 27.5. The predicted molar refractivity (Wildman–Crippen MR) is 130 cm³/mol. The fourth-order valence-electron chi connectivity index (χ4n) is 3.86. The lowest BCUT2D eigenvalue weighted by Crippen LogP contribution is -2.35. The van der Waals surface area contributed by atoms with Gasteiger partial charge in [-0.3, -0.25) is 4.79 Å². The van der Waals surface area contributed by atoms with Gasteiger partial charge in [0.1, 0.15) is 5.75 Å². The third-order valence-corrected chi connectivity index (χ3v) is 5.63. The summed E-state index contributed by atoms with van der Waals surface area (Å²) >= 11 is 0. The first-order valence-corrected chi connectivity index (χ1v) is 11.4. The minimum Gasteiger partial charge on any atom is -0.476 e. The number of hydrogen-bond donors (Lipinski definition) is 2. The molecule has 0 radical (unpaired) electrons. The molecule has 0 spiro atoms. The van der Waals surface area contributed by atoms with Crippen molar-refractivity contribution in [3.8, 4) is 5.75 Å². The van der Waals surface area contributed by atoms with Crippen LogP contribution in [0.15, 0.2) is 84.9 Å². The van der Waals surface area contributed by atoms with E-state index in [2.05, 4.69) is 10.6 Å². The van der Waals surface area contributed by atoms with Crippen molar-refractivity contribution >= 4 is 23.3 Å². The van der Waals surface area contributed by atoms with E-state index in [-0.39, 0.29) is 11.9 Å². The Morgan fingerprint density at radius 2 is 1.24 bits per heavy atom. The summed E-state index contributed by atoms with van der Waals surface area (Å²) in [6.07, 6.45) is 3.65. The predicted octanol–water partition coefficient (Wildman–Crippen LogP) is 5.85. The number of nitrogens with zero attached hydrogens (tertiary/aromatic N) is 1. The lowest BCUT2D eigenvalue weighted by Gasteiger charge is -2.21. The van der Waals surface area contributed by atoms with Crippen LogP contribution in [0.1, 0.15) is 37.4 Å². The highest BCUT2D eigenvalue weighted by molar-refractivity contribution is 5.95. The van der Waals surface area contributed by atoms with Crippen molar-refractivity contribution in [2.75, 3.05) is 23.7 Å². The SMILES string of the molecule is O=C(Nc1ccc(NC(=O)N2CCCCCC2)cc1)C(Oc1ccccc1)c1ccccc1. The van der Waals surface area contributed by atoms with Crippen LogP contribution >= 0.6 is 0 Å². The number of para-hydroxylation sites is 1. The van der Waals surface area contributed by atoms with Gasteiger partial charge in [0.2, 0.25) is 6.10 Å². The molecule has 33 heavy (non-hydrogen) atoms. The molecule has 170 valence electrons. The number of rotatable bonds is 6. The number of urea groups is 1. The molecule has 0 saturated carbocycles. The van der Waals surface area contributed by atoms with Crippen LogP contribution in [-0.4, -0.2) is 29.9 Å². The van der Waals surface area contributed by atoms with Gasteiger partial charge in [0.05, 0.1) is 0 Å². The largest absolute Gasteiger partial charge is 0.476 e. The number of amides is 3. The molecule has 2 N–H and O–H groups in total. The van der Waals surface area contributed by atoms with E-state index in [1.165, 1.54) is 12.8 Å². The molecular formula is C27H29N3O3. The molecule has 1 fully saturated rings. The maximum absolute atomic E-state index is 13.1. The molecule has 3 aromatic rings. The smallest absolute Gasteiger partial charge is 0.321 e. The molecule has 0 aliphatic carbocycles. The van der Waals surface area contributed by atoms with E-state index in [0.717, 1.165) is 31.5 Å². The Balaban J connectivity index is 1.41. The highest BCUT2D eigenvalue weighted by atomic mass is 16.5. The van der Waals surface area contributed by atoms with E-state index in [4.69, 9.17) is 4.74 Å². The van der Waals surface area contributed by atoms with Gasteiger partial charge in [-0.05, 0) is 49.2 Å². The zero-order valence-corrected chi connectivity index (χ0v) is 18.6. The van der Waals surface area contributed by atoms with Crippen LogP contribution in [-0.2, 0) is 4.79 Å². The Hall–Kier alpha value is -3.80. The number of carbonyl (C=O) groups excluding carboxylic acids is 2. The number of likely N-dealkylation sites (tertiary alicyclic amines) is 1. The van der Waals surface area contributed by atoms with Crippen molar-refractivity contribution in [1.29, 1.82) is 0 Å². The highest BCUT2D eigenvalue weighted by Gasteiger charge is 2.23. The molecule has 1 atom stereocenters. The van der Waals surface area contributed by atoms with Gasteiger partial charge in [0, 0.05) is 30.0 Å². The average molecular weight is 444 g/mol. The van der Waals surface area contributed by atoms with Crippen molar-refractivity contribution in [2.45, 2.75) is 31.8 Å². The van der Waals surface area contributed by atoms with Crippen LogP contribution in [0.2, 0.25) is 0 Å². The summed E-state index contributed by atoms with van der Waals surface area (Å²) in [7, 11) is 0. The molecule has 3 aromatic carbocycles. The third-order valence-electron chi connectivity index (χ3n) is 5.63. The second-order valence-corrected chi connectivity index (χ2v) is 8.12. The van der Waals surface area contributed by atoms with Crippen LogP contribution in [0, 0.1) is 0 Å². The van der Waals surface area contributed by atoms with E-state index in [0.29, 0.717) is 17.1 Å². The molecule has 3 amide bonds. The maximum atomic E-state index is 13.1. The summed E-state index contributed by atoms with van der Waals surface area (Å²) in [6.45, 7) is 1.59. The van der Waals surface area contributed by atoms with Gasteiger partial charge < -0.3 is 20.3 Å². The Bertz CT molecular complexity index is 1030. The van der Waals surface area contributed by atoms with E-state index >= 15 is 0 Å². The molecule has 1 aliphatic heterocycles. The fourth-order valence-corrected chi connectivity index (χ4v) is 3.86. The third kappa shape index (κ3) is 6.35. The molecule has 1 aliphatic rings. The summed E-state index contributed by atoms with van der Waals surface area (Å²) < 4.78 is 6.01. The Morgan fingerprint density at radius 3 is 1.85 bits per heavy atom. The van der Waals surface area contributed by atoms with Crippen molar-refractivity contribution in [2.24, 2.45) is 0 Å². The molecule has 4 rings (SSSR count). The van der Waals surface area contributed by atoms with Gasteiger partial charge in [0.25, 0.3) is 5.91 Å². The summed E-state index contributed by atoms with van der Waals surface area (Å²) in [5.41, 5.74) is 2.09. The number of anilines is 2. The average Bonchev–Trinajstić information content (AvgIpc) is 3.15. The monoisotopic (exact) mass is 443 g/mol. The quantitative estimate of drug-likeness (QED) is 0.502. The zero-order valence-electron chi connectivity index (χ0n) is 18.6. The Labute approximate surface area is 194 Å². The van der Waals surface area contributed by atoms with Gasteiger partial charge >= 0.3 is 6.03 Å². The first-order valence-electron chi connectivity index (χ1n) is 11.4. The second kappa shape index (κ2) is 11.2. The number of carbonyl (C=O) groups is 2. The van der Waals surface area contributed by atoms with E-state index < -0.39 is 6.10 Å². The standard InChI is InChI=1S/C27H29N3O3/c31-26(25(21-11-5-3-6-12-21)33-24-13-7-4-8-14-24)28-22-15-17-23(18-16-22)29-27(32)30-19-9-1-2-10-20-30/h3-8,11-18,25H,1-2,9-10,19-20H2,(H,28,31)(H,29,32). The first kappa shape index (κ1) is 22.4. The Kier molecular flexibility index (Phi) is 7.59. The highest BCUT2D eigenvalue weighted by Crippen LogP contribution is 2.24. The van der Waals surface area contributed by atoms with Crippen LogP contribution in [0.4, 0.5) is 16.2 Å². The number of benzene rings is 3. The van der Waals surface area contributed by atoms with Crippen molar-refractivity contribution in [3.05, 3.63) is 90.5 Å².